The van der Waals surface area contributed by atoms with Crippen LogP contribution in [0.4, 0.5) is 0 Å². The summed E-state index contributed by atoms with van der Waals surface area (Å²) in [5.41, 5.74) is 0. The summed E-state index contributed by atoms with van der Waals surface area (Å²) in [4.78, 5) is 2.75. The second-order valence-electron chi connectivity index (χ2n) is 6.87. The van der Waals surface area contributed by atoms with Gasteiger partial charge in [0.25, 0.3) is 0 Å². The molecular weight excluding hydrogens is 244 g/mol. The molecule has 0 spiro atoms. The van der Waals surface area contributed by atoms with Crippen molar-refractivity contribution in [1.82, 2.24) is 10.2 Å². The van der Waals surface area contributed by atoms with Gasteiger partial charge in [0, 0.05) is 18.6 Å². The minimum Gasteiger partial charge on any atom is -0.313 e. The maximum atomic E-state index is 3.63. The van der Waals surface area contributed by atoms with Crippen LogP contribution in [-0.4, -0.2) is 36.6 Å². The zero-order chi connectivity index (χ0) is 14.6. The maximum absolute atomic E-state index is 3.63. The molecule has 2 heteroatoms. The summed E-state index contributed by atoms with van der Waals surface area (Å²) in [6.07, 6.45) is 14.2. The van der Waals surface area contributed by atoms with Crippen molar-refractivity contribution < 1.29 is 0 Å². The van der Waals surface area contributed by atoms with Gasteiger partial charge in [-0.25, -0.2) is 0 Å². The van der Waals surface area contributed by atoms with Crippen LogP contribution in [0.25, 0.3) is 0 Å². The van der Waals surface area contributed by atoms with E-state index in [1.165, 1.54) is 83.8 Å². The summed E-state index contributed by atoms with van der Waals surface area (Å²) in [5.74, 6) is 0. The van der Waals surface area contributed by atoms with E-state index in [4.69, 9.17) is 0 Å². The second kappa shape index (κ2) is 11.6. The van der Waals surface area contributed by atoms with E-state index in [9.17, 15) is 0 Å². The smallest absolute Gasteiger partial charge is 0.0220 e. The Bertz CT molecular complexity index is 215. The molecule has 1 rings (SSSR count). The molecule has 1 unspecified atom stereocenters. The minimum absolute atomic E-state index is 0.623. The van der Waals surface area contributed by atoms with Crippen molar-refractivity contribution >= 4 is 0 Å². The van der Waals surface area contributed by atoms with Crippen molar-refractivity contribution in [2.45, 2.75) is 97.1 Å². The molecule has 0 aromatic carbocycles. The molecule has 0 aromatic heterocycles. The topological polar surface area (TPSA) is 15.3 Å². The first-order valence-corrected chi connectivity index (χ1v) is 9.21. The molecule has 120 valence electrons. The fourth-order valence-electron chi connectivity index (χ4n) is 3.23. The van der Waals surface area contributed by atoms with Crippen LogP contribution in [0.2, 0.25) is 0 Å². The average molecular weight is 283 g/mol. The lowest BCUT2D eigenvalue weighted by Crippen LogP contribution is -2.47. The molecule has 0 aromatic rings. The number of rotatable bonds is 11. The Morgan fingerprint density at radius 3 is 2.40 bits per heavy atom. The standard InChI is InChI=1S/C18H38N2/c1-4-5-6-7-8-9-11-14-20-15-12-10-13-18(20)16-19-17(2)3/h17-19H,4-16H2,1-3H3. The highest BCUT2D eigenvalue weighted by Gasteiger charge is 2.21. The third kappa shape index (κ3) is 8.26. The molecule has 0 saturated carbocycles. The van der Waals surface area contributed by atoms with Crippen molar-refractivity contribution in [1.29, 1.82) is 0 Å². The molecule has 1 saturated heterocycles. The molecule has 0 amide bonds. The summed E-state index contributed by atoms with van der Waals surface area (Å²) in [7, 11) is 0. The summed E-state index contributed by atoms with van der Waals surface area (Å²) < 4.78 is 0. The van der Waals surface area contributed by atoms with Crippen LogP contribution in [0.3, 0.4) is 0 Å². The number of nitrogens with zero attached hydrogens (tertiary/aromatic N) is 1. The number of hydrogen-bond acceptors (Lipinski definition) is 2. The van der Waals surface area contributed by atoms with E-state index in [1.54, 1.807) is 0 Å². The lowest BCUT2D eigenvalue weighted by Gasteiger charge is -2.36. The van der Waals surface area contributed by atoms with Crippen molar-refractivity contribution in [2.75, 3.05) is 19.6 Å². The maximum Gasteiger partial charge on any atom is 0.0220 e. The molecule has 1 aliphatic heterocycles. The van der Waals surface area contributed by atoms with Crippen molar-refractivity contribution in [2.24, 2.45) is 0 Å². The van der Waals surface area contributed by atoms with E-state index in [2.05, 4.69) is 31.0 Å². The third-order valence-electron chi connectivity index (χ3n) is 4.56. The third-order valence-corrected chi connectivity index (χ3v) is 4.56. The number of hydrogen-bond donors (Lipinski definition) is 1. The Morgan fingerprint density at radius 2 is 1.70 bits per heavy atom. The predicted molar refractivity (Wildman–Crippen MR) is 90.3 cm³/mol. The van der Waals surface area contributed by atoms with Gasteiger partial charge in [0.1, 0.15) is 0 Å². The molecular formula is C18H38N2. The molecule has 1 heterocycles. The van der Waals surface area contributed by atoms with Gasteiger partial charge >= 0.3 is 0 Å². The zero-order valence-electron chi connectivity index (χ0n) is 14.3. The van der Waals surface area contributed by atoms with Crippen LogP contribution in [0.1, 0.15) is 85.0 Å². The van der Waals surface area contributed by atoms with Gasteiger partial charge in [-0.3, -0.25) is 4.90 Å². The Kier molecular flexibility index (Phi) is 10.4. The molecule has 20 heavy (non-hydrogen) atoms. The number of piperidine rings is 1. The summed E-state index contributed by atoms with van der Waals surface area (Å²) in [6.45, 7) is 10.7. The van der Waals surface area contributed by atoms with Gasteiger partial charge in [-0.2, -0.15) is 0 Å². The van der Waals surface area contributed by atoms with Gasteiger partial charge in [-0.15, -0.1) is 0 Å². The van der Waals surface area contributed by atoms with Crippen LogP contribution in [-0.2, 0) is 0 Å². The first kappa shape index (κ1) is 18.0. The molecule has 1 N–H and O–H groups in total. The predicted octanol–water partition coefficient (Wildman–Crippen LogP) is 4.59. The minimum atomic E-state index is 0.623. The van der Waals surface area contributed by atoms with Gasteiger partial charge < -0.3 is 5.32 Å². The van der Waals surface area contributed by atoms with Crippen LogP contribution in [0.15, 0.2) is 0 Å². The first-order chi connectivity index (χ1) is 9.74. The summed E-state index contributed by atoms with van der Waals surface area (Å²) in [5, 5.41) is 3.63. The molecule has 1 atom stereocenters. The van der Waals surface area contributed by atoms with Gasteiger partial charge in [0.15, 0.2) is 0 Å². The summed E-state index contributed by atoms with van der Waals surface area (Å²) >= 11 is 0. The molecule has 0 radical (unpaired) electrons. The zero-order valence-corrected chi connectivity index (χ0v) is 14.3. The number of nitrogens with one attached hydrogen (secondary N) is 1. The quantitative estimate of drug-likeness (QED) is 0.558. The highest BCUT2D eigenvalue weighted by atomic mass is 15.2. The van der Waals surface area contributed by atoms with Crippen molar-refractivity contribution in [3.8, 4) is 0 Å². The van der Waals surface area contributed by atoms with Crippen LogP contribution in [0, 0.1) is 0 Å². The average Bonchev–Trinajstić information content (AvgIpc) is 2.45. The molecule has 0 aliphatic carbocycles. The highest BCUT2D eigenvalue weighted by molar-refractivity contribution is 4.79. The van der Waals surface area contributed by atoms with Gasteiger partial charge in [0.2, 0.25) is 0 Å². The van der Waals surface area contributed by atoms with Gasteiger partial charge in [0.05, 0.1) is 0 Å². The number of unbranched alkanes of at least 4 members (excludes halogenated alkanes) is 6. The van der Waals surface area contributed by atoms with E-state index in [0.29, 0.717) is 6.04 Å². The first-order valence-electron chi connectivity index (χ1n) is 9.21. The molecule has 2 nitrogen and oxygen atoms in total. The molecule has 0 bridgehead atoms. The normalized spacial score (nSPS) is 20.7. The van der Waals surface area contributed by atoms with E-state index >= 15 is 0 Å². The number of likely N-dealkylation sites (tertiary alicyclic amines) is 1. The highest BCUT2D eigenvalue weighted by Crippen LogP contribution is 2.18. The van der Waals surface area contributed by atoms with E-state index < -0.39 is 0 Å². The van der Waals surface area contributed by atoms with E-state index in [1.807, 2.05) is 0 Å². The monoisotopic (exact) mass is 282 g/mol. The van der Waals surface area contributed by atoms with Gasteiger partial charge in [-0.1, -0.05) is 65.7 Å². The Balaban J connectivity index is 2.09. The van der Waals surface area contributed by atoms with Gasteiger partial charge in [-0.05, 0) is 32.4 Å². The largest absolute Gasteiger partial charge is 0.313 e. The molecule has 1 aliphatic rings. The van der Waals surface area contributed by atoms with Crippen molar-refractivity contribution in [3.63, 3.8) is 0 Å². The second-order valence-corrected chi connectivity index (χ2v) is 6.87. The fourth-order valence-corrected chi connectivity index (χ4v) is 3.23. The van der Waals surface area contributed by atoms with Crippen LogP contribution in [0.5, 0.6) is 0 Å². The summed E-state index contributed by atoms with van der Waals surface area (Å²) in [6, 6.07) is 1.42. The van der Waals surface area contributed by atoms with Crippen LogP contribution >= 0.6 is 0 Å². The SMILES string of the molecule is CCCCCCCCCN1CCCCC1CNC(C)C. The van der Waals surface area contributed by atoms with E-state index in [0.717, 1.165) is 6.04 Å². The van der Waals surface area contributed by atoms with Crippen LogP contribution < -0.4 is 5.32 Å². The Labute approximate surface area is 127 Å². The lowest BCUT2D eigenvalue weighted by molar-refractivity contribution is 0.141. The van der Waals surface area contributed by atoms with E-state index in [-0.39, 0.29) is 0 Å². The van der Waals surface area contributed by atoms with Crippen molar-refractivity contribution in [3.05, 3.63) is 0 Å². The Morgan fingerprint density at radius 1 is 1.00 bits per heavy atom. The fraction of sp³-hybridized carbons (Fsp3) is 1.00. The molecule has 1 fully saturated rings. The lowest BCUT2D eigenvalue weighted by atomic mass is 10.0. The Hall–Kier alpha value is -0.0800.